The van der Waals surface area contributed by atoms with E-state index >= 15 is 0 Å². The van der Waals surface area contributed by atoms with Crippen LogP contribution in [0.5, 0.6) is 0 Å². The second-order valence-electron chi connectivity index (χ2n) is 6.22. The van der Waals surface area contributed by atoms with Crippen LogP contribution in [-0.4, -0.2) is 53.3 Å². The molecule has 0 bridgehead atoms. The molecule has 0 aromatic rings. The summed E-state index contributed by atoms with van der Waals surface area (Å²) in [6, 6.07) is -0.429. The minimum absolute atomic E-state index is 0.0292. The molecule has 0 saturated carbocycles. The van der Waals surface area contributed by atoms with Gasteiger partial charge in [-0.05, 0) is 44.7 Å². The van der Waals surface area contributed by atoms with Gasteiger partial charge in [0.25, 0.3) is 0 Å². The first-order valence-electron chi connectivity index (χ1n) is 7.53. The Labute approximate surface area is 125 Å². The molecule has 1 amide bonds. The summed E-state index contributed by atoms with van der Waals surface area (Å²) in [5.41, 5.74) is 0. The molecule has 6 nitrogen and oxygen atoms in total. The number of carbonyl (C=O) groups excluding carboxylic acids is 2. The van der Waals surface area contributed by atoms with Crippen LogP contribution in [0.25, 0.3) is 0 Å². The maximum atomic E-state index is 12.0. The number of rotatable bonds is 7. The zero-order valence-corrected chi connectivity index (χ0v) is 13.1. The summed E-state index contributed by atoms with van der Waals surface area (Å²) >= 11 is 0. The number of carboxylic acids is 1. The molecule has 0 aliphatic carbocycles. The monoisotopic (exact) mass is 298 g/mol. The zero-order valence-electron chi connectivity index (χ0n) is 13.1. The Bertz CT molecular complexity index is 387. The van der Waals surface area contributed by atoms with Crippen molar-refractivity contribution in [3.63, 3.8) is 0 Å². The minimum Gasteiger partial charge on any atom is -0.481 e. The molecule has 2 N–H and O–H groups in total. The van der Waals surface area contributed by atoms with Gasteiger partial charge in [0.15, 0.2) is 5.78 Å². The van der Waals surface area contributed by atoms with Crippen LogP contribution in [0.1, 0.15) is 40.0 Å². The van der Waals surface area contributed by atoms with Crippen molar-refractivity contribution in [2.75, 3.05) is 19.6 Å². The third kappa shape index (κ3) is 6.25. The molecular weight excluding hydrogens is 272 g/mol. The van der Waals surface area contributed by atoms with Gasteiger partial charge in [-0.3, -0.25) is 19.3 Å². The van der Waals surface area contributed by atoms with E-state index < -0.39 is 12.0 Å². The maximum absolute atomic E-state index is 12.0. The topological polar surface area (TPSA) is 86.7 Å². The largest absolute Gasteiger partial charge is 0.481 e. The van der Waals surface area contributed by atoms with Gasteiger partial charge in [-0.2, -0.15) is 0 Å². The third-order valence-electron chi connectivity index (χ3n) is 3.96. The number of hydrogen-bond donors (Lipinski definition) is 2. The fraction of sp³-hybridized carbons (Fsp3) is 0.800. The van der Waals surface area contributed by atoms with Crippen LogP contribution in [0.15, 0.2) is 0 Å². The van der Waals surface area contributed by atoms with Crippen molar-refractivity contribution < 1.29 is 19.5 Å². The van der Waals surface area contributed by atoms with E-state index in [1.807, 2.05) is 18.7 Å². The molecule has 1 aliphatic heterocycles. The molecule has 1 rings (SSSR count). The number of aliphatic carboxylic acids is 1. The number of hydrogen-bond acceptors (Lipinski definition) is 4. The Morgan fingerprint density at radius 3 is 2.24 bits per heavy atom. The molecule has 1 heterocycles. The van der Waals surface area contributed by atoms with Crippen molar-refractivity contribution in [2.45, 2.75) is 46.1 Å². The van der Waals surface area contributed by atoms with Crippen molar-refractivity contribution in [1.29, 1.82) is 0 Å². The molecule has 0 aromatic heterocycles. The third-order valence-corrected chi connectivity index (χ3v) is 3.96. The summed E-state index contributed by atoms with van der Waals surface area (Å²) in [4.78, 5) is 36.2. The van der Waals surface area contributed by atoms with Crippen molar-refractivity contribution in [1.82, 2.24) is 10.2 Å². The Morgan fingerprint density at radius 2 is 1.81 bits per heavy atom. The number of Topliss-reactive ketones (excluding diaryl/α,β-unsaturated/α-hetero) is 1. The maximum Gasteiger partial charge on any atom is 0.303 e. The molecule has 0 aromatic carbocycles. The number of carboxylic acid groups (broad SMARTS) is 1. The lowest BCUT2D eigenvalue weighted by Crippen LogP contribution is -2.48. The number of ketones is 1. The Hall–Kier alpha value is -1.43. The van der Waals surface area contributed by atoms with Crippen molar-refractivity contribution in [3.8, 4) is 0 Å². The smallest absolute Gasteiger partial charge is 0.303 e. The van der Waals surface area contributed by atoms with Gasteiger partial charge in [0.2, 0.25) is 5.91 Å². The molecular formula is C15H26N2O4. The summed E-state index contributed by atoms with van der Waals surface area (Å²) in [6.07, 6.45) is 1.82. The SMILES string of the molecule is CC(=O)C(NC(=O)CN1CCC(CC(=O)O)CC1)C(C)C. The first-order valence-corrected chi connectivity index (χ1v) is 7.53. The highest BCUT2D eigenvalue weighted by atomic mass is 16.4. The second-order valence-corrected chi connectivity index (χ2v) is 6.22. The van der Waals surface area contributed by atoms with Gasteiger partial charge in [0.1, 0.15) is 0 Å². The van der Waals surface area contributed by atoms with Gasteiger partial charge < -0.3 is 10.4 Å². The fourth-order valence-electron chi connectivity index (χ4n) is 2.76. The lowest BCUT2D eigenvalue weighted by atomic mass is 9.93. The van der Waals surface area contributed by atoms with Crippen molar-refractivity contribution in [2.24, 2.45) is 11.8 Å². The van der Waals surface area contributed by atoms with Crippen LogP contribution in [-0.2, 0) is 14.4 Å². The highest BCUT2D eigenvalue weighted by Crippen LogP contribution is 2.20. The number of piperidine rings is 1. The molecule has 1 saturated heterocycles. The molecule has 1 fully saturated rings. The summed E-state index contributed by atoms with van der Waals surface area (Å²) in [5, 5.41) is 11.6. The predicted octanol–water partition coefficient (Wildman–Crippen LogP) is 0.903. The normalized spacial score (nSPS) is 18.5. The summed E-state index contributed by atoms with van der Waals surface area (Å²) in [7, 11) is 0. The van der Waals surface area contributed by atoms with Crippen molar-refractivity contribution >= 4 is 17.7 Å². The van der Waals surface area contributed by atoms with E-state index in [1.165, 1.54) is 6.92 Å². The predicted molar refractivity (Wildman–Crippen MR) is 78.9 cm³/mol. The Kier molecular flexibility index (Phi) is 6.81. The van der Waals surface area contributed by atoms with E-state index in [9.17, 15) is 14.4 Å². The molecule has 6 heteroatoms. The summed E-state index contributed by atoms with van der Waals surface area (Å²) in [5.74, 6) is -0.637. The number of carbonyl (C=O) groups is 3. The standard InChI is InChI=1S/C15H26N2O4/c1-10(2)15(11(3)18)16-13(19)9-17-6-4-12(5-7-17)8-14(20)21/h10,12,15H,4-9H2,1-3H3,(H,16,19)(H,20,21). The number of nitrogens with one attached hydrogen (secondary N) is 1. The second kappa shape index (κ2) is 8.12. The van der Waals surface area contributed by atoms with Gasteiger partial charge in [-0.25, -0.2) is 0 Å². The molecule has 0 spiro atoms. The molecule has 1 aliphatic rings. The molecule has 1 unspecified atom stereocenters. The molecule has 1 atom stereocenters. The van der Waals surface area contributed by atoms with Gasteiger partial charge in [-0.1, -0.05) is 13.8 Å². The number of amides is 1. The number of likely N-dealkylation sites (tertiary alicyclic amines) is 1. The van der Waals surface area contributed by atoms with Gasteiger partial charge in [0, 0.05) is 6.42 Å². The lowest BCUT2D eigenvalue weighted by Gasteiger charge is -2.31. The van der Waals surface area contributed by atoms with Crippen LogP contribution < -0.4 is 5.32 Å². The average Bonchev–Trinajstić information content (AvgIpc) is 2.37. The van der Waals surface area contributed by atoms with E-state index in [0.29, 0.717) is 0 Å². The molecule has 21 heavy (non-hydrogen) atoms. The van der Waals surface area contributed by atoms with Gasteiger partial charge in [0.05, 0.1) is 12.6 Å². The molecule has 120 valence electrons. The van der Waals surface area contributed by atoms with Crippen LogP contribution in [0.4, 0.5) is 0 Å². The van der Waals surface area contributed by atoms with E-state index in [-0.39, 0.29) is 36.5 Å². The first kappa shape index (κ1) is 17.6. The van der Waals surface area contributed by atoms with Crippen molar-refractivity contribution in [3.05, 3.63) is 0 Å². The lowest BCUT2D eigenvalue weighted by molar-refractivity contribution is -0.138. The van der Waals surface area contributed by atoms with E-state index in [4.69, 9.17) is 5.11 Å². The summed E-state index contributed by atoms with van der Waals surface area (Å²) < 4.78 is 0. The van der Waals surface area contributed by atoms with E-state index in [1.54, 1.807) is 0 Å². The van der Waals surface area contributed by atoms with Crippen LogP contribution in [0.2, 0.25) is 0 Å². The first-order chi connectivity index (χ1) is 9.79. The zero-order chi connectivity index (χ0) is 16.0. The highest BCUT2D eigenvalue weighted by molar-refractivity contribution is 5.88. The van der Waals surface area contributed by atoms with Crippen LogP contribution >= 0.6 is 0 Å². The Balaban J connectivity index is 2.36. The molecule has 0 radical (unpaired) electrons. The van der Waals surface area contributed by atoms with Crippen LogP contribution in [0, 0.1) is 11.8 Å². The number of nitrogens with zero attached hydrogens (tertiary/aromatic N) is 1. The van der Waals surface area contributed by atoms with Gasteiger partial charge >= 0.3 is 5.97 Å². The van der Waals surface area contributed by atoms with E-state index in [2.05, 4.69) is 5.32 Å². The van der Waals surface area contributed by atoms with Gasteiger partial charge in [-0.15, -0.1) is 0 Å². The quantitative estimate of drug-likeness (QED) is 0.729. The highest BCUT2D eigenvalue weighted by Gasteiger charge is 2.25. The van der Waals surface area contributed by atoms with Crippen LogP contribution in [0.3, 0.4) is 0 Å². The average molecular weight is 298 g/mol. The fourth-order valence-corrected chi connectivity index (χ4v) is 2.76. The minimum atomic E-state index is -0.757. The Morgan fingerprint density at radius 1 is 1.24 bits per heavy atom. The van der Waals surface area contributed by atoms with E-state index in [0.717, 1.165) is 25.9 Å². The summed E-state index contributed by atoms with van der Waals surface area (Å²) in [6.45, 7) is 7.04.